The fourth-order valence-electron chi connectivity index (χ4n) is 3.70. The molecular weight excluding hydrogens is 429 g/mol. The highest BCUT2D eigenvalue weighted by Gasteiger charge is 2.45. The molecule has 1 aromatic carbocycles. The molecule has 4 rings (SSSR count). The summed E-state index contributed by atoms with van der Waals surface area (Å²) < 4.78 is 21.2. The number of nitrogens with one attached hydrogen (secondary N) is 1. The number of aliphatic hydroxyl groups excluding tert-OH is 2. The van der Waals surface area contributed by atoms with Gasteiger partial charge in [0.05, 0.1) is 36.0 Å². The van der Waals surface area contributed by atoms with Crippen LogP contribution in [-0.4, -0.2) is 49.8 Å². The minimum absolute atomic E-state index is 0.148. The van der Waals surface area contributed by atoms with Crippen molar-refractivity contribution in [3.63, 3.8) is 0 Å². The topological polar surface area (TPSA) is 141 Å². The molecule has 162 valence electrons. The Kier molecular flexibility index (Phi) is 5.94. The first-order valence-electron chi connectivity index (χ1n) is 9.48. The molecule has 5 atom stereocenters. The van der Waals surface area contributed by atoms with Crippen LogP contribution in [0.5, 0.6) is 0 Å². The quantitative estimate of drug-likeness (QED) is 0.229. The molecule has 0 saturated carbocycles. The van der Waals surface area contributed by atoms with E-state index in [0.717, 1.165) is 0 Å². The standard InChI is InChI=1S/C19H19ClFN7O3/c1-9(10-4-2-3-5-12(10)21)24-13-6-15(20)25-18-11(13)7-23-28(18)19-16(26-27-22)17(30)14(8-29)31-19/h2-7,9,14,16-17,19,29-30H,8H2,1H3,(H,24,25)/t9?,14-,16+,17-,19-/m1/s1. The summed E-state index contributed by atoms with van der Waals surface area (Å²) in [5.41, 5.74) is 10.2. The molecule has 1 aliphatic rings. The van der Waals surface area contributed by atoms with Gasteiger partial charge in [0, 0.05) is 10.5 Å². The summed E-state index contributed by atoms with van der Waals surface area (Å²) in [7, 11) is 0. The van der Waals surface area contributed by atoms with Crippen molar-refractivity contribution in [2.24, 2.45) is 5.11 Å². The number of ether oxygens (including phenoxy) is 1. The van der Waals surface area contributed by atoms with E-state index in [1.165, 1.54) is 16.9 Å². The molecule has 1 fully saturated rings. The van der Waals surface area contributed by atoms with Crippen molar-refractivity contribution in [1.82, 2.24) is 14.8 Å². The predicted molar refractivity (Wildman–Crippen MR) is 111 cm³/mol. The maximum atomic E-state index is 14.2. The number of aliphatic hydroxyl groups is 2. The summed E-state index contributed by atoms with van der Waals surface area (Å²) in [4.78, 5) is 7.06. The molecule has 0 aliphatic carbocycles. The third kappa shape index (κ3) is 3.89. The van der Waals surface area contributed by atoms with Gasteiger partial charge in [0.1, 0.15) is 23.1 Å². The van der Waals surface area contributed by atoms with Crippen LogP contribution in [0.15, 0.2) is 41.6 Å². The third-order valence-corrected chi connectivity index (χ3v) is 5.42. The van der Waals surface area contributed by atoms with Crippen molar-refractivity contribution in [1.29, 1.82) is 0 Å². The second kappa shape index (κ2) is 8.66. The van der Waals surface area contributed by atoms with Crippen molar-refractivity contribution < 1.29 is 19.3 Å². The molecular formula is C19H19ClFN7O3. The maximum Gasteiger partial charge on any atom is 0.164 e. The van der Waals surface area contributed by atoms with E-state index in [-0.39, 0.29) is 17.0 Å². The zero-order valence-corrected chi connectivity index (χ0v) is 17.1. The van der Waals surface area contributed by atoms with Gasteiger partial charge in [-0.25, -0.2) is 14.1 Å². The van der Waals surface area contributed by atoms with Crippen LogP contribution in [0.1, 0.15) is 24.8 Å². The molecule has 2 aromatic heterocycles. The SMILES string of the molecule is CC(Nc1cc(Cl)nc2c1cnn2[C@@H]1O[C@H](CO)[C@@H](O)[C@@H]1N=[N+]=[N-])c1ccccc1F. The lowest BCUT2D eigenvalue weighted by molar-refractivity contribution is -0.0476. The number of azide groups is 1. The van der Waals surface area contributed by atoms with Crippen molar-refractivity contribution in [3.8, 4) is 0 Å². The number of hydrogen-bond donors (Lipinski definition) is 3. The molecule has 0 radical (unpaired) electrons. The second-order valence-corrected chi connectivity index (χ2v) is 7.53. The van der Waals surface area contributed by atoms with Gasteiger partial charge in [0.2, 0.25) is 0 Å². The Hall–Kier alpha value is -2.95. The van der Waals surface area contributed by atoms with Gasteiger partial charge in [-0.1, -0.05) is 34.9 Å². The number of pyridine rings is 1. The Morgan fingerprint density at radius 2 is 2.23 bits per heavy atom. The summed E-state index contributed by atoms with van der Waals surface area (Å²) in [6.45, 7) is 1.35. The van der Waals surface area contributed by atoms with E-state index in [2.05, 4.69) is 25.4 Å². The lowest BCUT2D eigenvalue weighted by Gasteiger charge is -2.18. The molecule has 0 amide bonds. The Morgan fingerprint density at radius 3 is 2.94 bits per heavy atom. The Labute approximate surface area is 180 Å². The van der Waals surface area contributed by atoms with Gasteiger partial charge in [0.15, 0.2) is 11.9 Å². The van der Waals surface area contributed by atoms with Gasteiger partial charge in [-0.05, 0) is 24.6 Å². The van der Waals surface area contributed by atoms with Crippen LogP contribution in [0.25, 0.3) is 21.5 Å². The monoisotopic (exact) mass is 447 g/mol. The normalized spacial score (nSPS) is 24.2. The number of hydrogen-bond acceptors (Lipinski definition) is 7. The lowest BCUT2D eigenvalue weighted by atomic mass is 10.1. The second-order valence-electron chi connectivity index (χ2n) is 7.14. The van der Waals surface area contributed by atoms with Crippen LogP contribution in [0.2, 0.25) is 5.15 Å². The first kappa shape index (κ1) is 21.3. The van der Waals surface area contributed by atoms with Gasteiger partial charge >= 0.3 is 0 Å². The van der Waals surface area contributed by atoms with Crippen LogP contribution >= 0.6 is 11.6 Å². The molecule has 0 spiro atoms. The van der Waals surface area contributed by atoms with Gasteiger partial charge in [-0.3, -0.25) is 0 Å². The number of aromatic nitrogens is 3. The zero-order valence-electron chi connectivity index (χ0n) is 16.3. The lowest BCUT2D eigenvalue weighted by Crippen LogP contribution is -2.32. The first-order valence-corrected chi connectivity index (χ1v) is 9.85. The highest BCUT2D eigenvalue weighted by molar-refractivity contribution is 6.30. The molecule has 12 heteroatoms. The van der Waals surface area contributed by atoms with Gasteiger partial charge < -0.3 is 20.3 Å². The number of anilines is 1. The van der Waals surface area contributed by atoms with Crippen molar-refractivity contribution in [3.05, 3.63) is 63.5 Å². The number of rotatable bonds is 6. The number of benzene rings is 1. The molecule has 10 nitrogen and oxygen atoms in total. The molecule has 1 saturated heterocycles. The van der Waals surface area contributed by atoms with Gasteiger partial charge in [0.25, 0.3) is 0 Å². The van der Waals surface area contributed by atoms with Crippen LogP contribution in [0.3, 0.4) is 0 Å². The van der Waals surface area contributed by atoms with E-state index >= 15 is 0 Å². The summed E-state index contributed by atoms with van der Waals surface area (Å²) in [5.74, 6) is -0.338. The Morgan fingerprint density at radius 1 is 1.45 bits per heavy atom. The average Bonchev–Trinajstić information content (AvgIpc) is 3.29. The minimum atomic E-state index is -1.22. The maximum absolute atomic E-state index is 14.2. The molecule has 1 aliphatic heterocycles. The number of nitrogens with zero attached hydrogens (tertiary/aromatic N) is 6. The van der Waals surface area contributed by atoms with Crippen molar-refractivity contribution in [2.45, 2.75) is 37.4 Å². The molecule has 1 unspecified atom stereocenters. The highest BCUT2D eigenvalue weighted by atomic mass is 35.5. The first-order chi connectivity index (χ1) is 14.9. The molecule has 3 N–H and O–H groups in total. The molecule has 3 aromatic rings. The smallest absolute Gasteiger partial charge is 0.164 e. The molecule has 3 heterocycles. The van der Waals surface area contributed by atoms with Crippen LogP contribution < -0.4 is 5.32 Å². The summed E-state index contributed by atoms with van der Waals surface area (Å²) in [6, 6.07) is 6.62. The number of halogens is 2. The zero-order chi connectivity index (χ0) is 22.1. The van der Waals surface area contributed by atoms with Gasteiger partial charge in [-0.2, -0.15) is 5.10 Å². The Bertz CT molecular complexity index is 1150. The molecule has 0 bridgehead atoms. The number of fused-ring (bicyclic) bond motifs is 1. The summed E-state index contributed by atoms with van der Waals surface area (Å²) >= 11 is 6.22. The molecule has 31 heavy (non-hydrogen) atoms. The van der Waals surface area contributed by atoms with E-state index in [9.17, 15) is 14.6 Å². The van der Waals surface area contributed by atoms with E-state index < -0.39 is 31.1 Å². The third-order valence-electron chi connectivity index (χ3n) is 5.22. The fraction of sp³-hybridized carbons (Fsp3) is 0.368. The largest absolute Gasteiger partial charge is 0.394 e. The predicted octanol–water partition coefficient (Wildman–Crippen LogP) is 3.33. The highest BCUT2D eigenvalue weighted by Crippen LogP contribution is 2.36. The fourth-order valence-corrected chi connectivity index (χ4v) is 3.89. The van der Waals surface area contributed by atoms with Crippen molar-refractivity contribution in [2.75, 3.05) is 11.9 Å². The van der Waals surface area contributed by atoms with Crippen LogP contribution in [0, 0.1) is 5.82 Å². The summed E-state index contributed by atoms with van der Waals surface area (Å²) in [6.07, 6.45) is -1.64. The van der Waals surface area contributed by atoms with Gasteiger partial charge in [-0.15, -0.1) is 0 Å². The van der Waals surface area contributed by atoms with E-state index in [0.29, 0.717) is 22.3 Å². The van der Waals surface area contributed by atoms with Crippen molar-refractivity contribution >= 4 is 28.3 Å². The van der Waals surface area contributed by atoms with E-state index in [1.54, 1.807) is 24.3 Å². The Balaban J connectivity index is 1.73. The van der Waals surface area contributed by atoms with E-state index in [4.69, 9.17) is 21.9 Å². The minimum Gasteiger partial charge on any atom is -0.394 e. The van der Waals surface area contributed by atoms with Crippen LogP contribution in [-0.2, 0) is 4.74 Å². The summed E-state index contributed by atoms with van der Waals surface area (Å²) in [5, 5.41) is 31.6. The van der Waals surface area contributed by atoms with Crippen LogP contribution in [0.4, 0.5) is 10.1 Å². The average molecular weight is 448 g/mol. The van der Waals surface area contributed by atoms with E-state index in [1.807, 2.05) is 6.92 Å².